The molecule has 1 atom stereocenters. The standard InChI is InChI=1S/C21H27NO4/c1-14(6-9-21(25-5)15(2)26-16(3)23)12-20-19-8-7-18(24-4)13-17(19)10-11-22-20/h6-9,13-14H,10-12H2,1-5H3/b9-6-,21-15-. The van der Waals surface area contributed by atoms with Crippen LogP contribution in [0.1, 0.15) is 38.3 Å². The summed E-state index contributed by atoms with van der Waals surface area (Å²) >= 11 is 0. The number of benzene rings is 1. The van der Waals surface area contributed by atoms with Gasteiger partial charge in [0, 0.05) is 19.2 Å². The highest BCUT2D eigenvalue weighted by molar-refractivity contribution is 6.02. The van der Waals surface area contributed by atoms with Crippen molar-refractivity contribution >= 4 is 11.7 Å². The van der Waals surface area contributed by atoms with Gasteiger partial charge in [0.15, 0.2) is 5.76 Å². The quantitative estimate of drug-likeness (QED) is 0.419. The van der Waals surface area contributed by atoms with Gasteiger partial charge in [0.25, 0.3) is 0 Å². The van der Waals surface area contributed by atoms with Crippen LogP contribution in [0.2, 0.25) is 0 Å². The van der Waals surface area contributed by atoms with Crippen molar-refractivity contribution in [2.45, 2.75) is 33.6 Å². The largest absolute Gasteiger partial charge is 0.497 e. The lowest BCUT2D eigenvalue weighted by atomic mass is 9.91. The second kappa shape index (κ2) is 9.22. The number of carbonyl (C=O) groups excluding carboxylic acids is 1. The smallest absolute Gasteiger partial charge is 0.307 e. The van der Waals surface area contributed by atoms with Crippen molar-refractivity contribution in [3.63, 3.8) is 0 Å². The third-order valence-electron chi connectivity index (χ3n) is 4.26. The molecule has 0 fully saturated rings. The van der Waals surface area contributed by atoms with E-state index in [0.29, 0.717) is 11.5 Å². The van der Waals surface area contributed by atoms with Gasteiger partial charge in [-0.05, 0) is 61.1 Å². The minimum absolute atomic E-state index is 0.261. The maximum Gasteiger partial charge on any atom is 0.307 e. The van der Waals surface area contributed by atoms with Crippen molar-refractivity contribution in [3.05, 3.63) is 53.0 Å². The Kier molecular flexibility index (Phi) is 7.01. The molecule has 0 saturated carbocycles. The molecule has 0 spiro atoms. The Labute approximate surface area is 155 Å². The lowest BCUT2D eigenvalue weighted by molar-refractivity contribution is -0.137. The summed E-state index contributed by atoms with van der Waals surface area (Å²) in [6.45, 7) is 6.02. The zero-order valence-corrected chi connectivity index (χ0v) is 16.2. The first kappa shape index (κ1) is 19.8. The molecule has 0 bridgehead atoms. The molecule has 1 heterocycles. The SMILES string of the molecule is COC(/C=C\C(C)CC1=NCCc2cc(OC)ccc21)=C(/C)OC(C)=O. The van der Waals surface area contributed by atoms with Crippen molar-refractivity contribution in [3.8, 4) is 5.75 Å². The van der Waals surface area contributed by atoms with Gasteiger partial charge in [-0.3, -0.25) is 9.79 Å². The minimum Gasteiger partial charge on any atom is -0.497 e. The van der Waals surface area contributed by atoms with Gasteiger partial charge >= 0.3 is 5.97 Å². The fourth-order valence-electron chi connectivity index (χ4n) is 2.98. The van der Waals surface area contributed by atoms with E-state index in [1.165, 1.54) is 18.1 Å². The van der Waals surface area contributed by atoms with Crippen LogP contribution >= 0.6 is 0 Å². The average molecular weight is 357 g/mol. The molecule has 0 aliphatic carbocycles. The van der Waals surface area contributed by atoms with E-state index in [4.69, 9.17) is 19.2 Å². The van der Waals surface area contributed by atoms with Crippen LogP contribution in [0.5, 0.6) is 5.75 Å². The summed E-state index contributed by atoms with van der Waals surface area (Å²) in [4.78, 5) is 15.8. The molecule has 0 aromatic heterocycles. The number of ether oxygens (including phenoxy) is 3. The van der Waals surface area contributed by atoms with Gasteiger partial charge in [-0.2, -0.15) is 0 Å². The van der Waals surface area contributed by atoms with Crippen LogP contribution in [0.15, 0.2) is 46.9 Å². The molecule has 5 heteroatoms. The van der Waals surface area contributed by atoms with Crippen LogP contribution in [0.25, 0.3) is 0 Å². The van der Waals surface area contributed by atoms with Crippen LogP contribution < -0.4 is 4.74 Å². The van der Waals surface area contributed by atoms with E-state index in [1.54, 1.807) is 21.1 Å². The number of methoxy groups -OCH3 is 2. The first-order valence-corrected chi connectivity index (χ1v) is 8.76. The van der Waals surface area contributed by atoms with Gasteiger partial charge in [0.2, 0.25) is 0 Å². The Morgan fingerprint density at radius 3 is 2.73 bits per heavy atom. The minimum atomic E-state index is -0.359. The van der Waals surface area contributed by atoms with Crippen molar-refractivity contribution in [2.75, 3.05) is 20.8 Å². The number of hydrogen-bond donors (Lipinski definition) is 0. The number of aliphatic imine (C=N–C) groups is 1. The molecule has 1 aromatic carbocycles. The summed E-state index contributed by atoms with van der Waals surface area (Å²) in [6, 6.07) is 6.17. The molecular formula is C21H27NO4. The van der Waals surface area contributed by atoms with E-state index in [2.05, 4.69) is 19.1 Å². The predicted octanol–water partition coefficient (Wildman–Crippen LogP) is 4.06. The fraction of sp³-hybridized carbons (Fsp3) is 0.429. The monoisotopic (exact) mass is 357 g/mol. The highest BCUT2D eigenvalue weighted by Crippen LogP contribution is 2.25. The topological polar surface area (TPSA) is 57.1 Å². The maximum atomic E-state index is 11.1. The summed E-state index contributed by atoms with van der Waals surface area (Å²) < 4.78 is 15.7. The molecule has 1 aromatic rings. The maximum absolute atomic E-state index is 11.1. The fourth-order valence-corrected chi connectivity index (χ4v) is 2.98. The first-order valence-electron chi connectivity index (χ1n) is 8.76. The Morgan fingerprint density at radius 1 is 1.31 bits per heavy atom. The molecule has 1 aliphatic rings. The summed E-state index contributed by atoms with van der Waals surface area (Å²) in [7, 11) is 3.25. The number of esters is 1. The molecule has 1 unspecified atom stereocenters. The third kappa shape index (κ3) is 5.22. The summed E-state index contributed by atoms with van der Waals surface area (Å²) in [5.74, 6) is 1.78. The van der Waals surface area contributed by atoms with E-state index in [-0.39, 0.29) is 11.9 Å². The number of fused-ring (bicyclic) bond motifs is 1. The molecule has 5 nitrogen and oxygen atoms in total. The van der Waals surface area contributed by atoms with Crippen molar-refractivity contribution < 1.29 is 19.0 Å². The molecule has 1 aliphatic heterocycles. The predicted molar refractivity (Wildman–Crippen MR) is 102 cm³/mol. The summed E-state index contributed by atoms with van der Waals surface area (Å²) in [5, 5.41) is 0. The van der Waals surface area contributed by atoms with Gasteiger partial charge in [-0.25, -0.2) is 0 Å². The third-order valence-corrected chi connectivity index (χ3v) is 4.26. The van der Waals surface area contributed by atoms with E-state index < -0.39 is 0 Å². The highest BCUT2D eigenvalue weighted by atomic mass is 16.6. The first-order chi connectivity index (χ1) is 12.4. The zero-order valence-electron chi connectivity index (χ0n) is 16.2. The zero-order chi connectivity index (χ0) is 19.1. The van der Waals surface area contributed by atoms with Gasteiger partial charge in [0.05, 0.1) is 14.2 Å². The average Bonchev–Trinajstić information content (AvgIpc) is 2.61. The number of rotatable bonds is 7. The summed E-state index contributed by atoms with van der Waals surface area (Å²) in [5.41, 5.74) is 3.61. The molecule has 140 valence electrons. The molecule has 2 rings (SSSR count). The number of allylic oxidation sites excluding steroid dienone is 3. The highest BCUT2D eigenvalue weighted by Gasteiger charge is 2.16. The molecule has 0 N–H and O–H groups in total. The van der Waals surface area contributed by atoms with Gasteiger partial charge in [-0.1, -0.05) is 13.0 Å². The Morgan fingerprint density at radius 2 is 2.08 bits per heavy atom. The molecule has 26 heavy (non-hydrogen) atoms. The molecule has 0 saturated heterocycles. The number of hydrogen-bond acceptors (Lipinski definition) is 5. The van der Waals surface area contributed by atoms with Crippen LogP contribution in [0.3, 0.4) is 0 Å². The van der Waals surface area contributed by atoms with E-state index in [0.717, 1.165) is 30.8 Å². The van der Waals surface area contributed by atoms with Crippen molar-refractivity contribution in [2.24, 2.45) is 10.9 Å². The van der Waals surface area contributed by atoms with E-state index in [1.807, 2.05) is 18.2 Å². The lowest BCUT2D eigenvalue weighted by Crippen LogP contribution is -2.15. The Hall–Kier alpha value is -2.56. The van der Waals surface area contributed by atoms with Crippen LogP contribution in [-0.2, 0) is 20.7 Å². The molecular weight excluding hydrogens is 330 g/mol. The summed E-state index contributed by atoms with van der Waals surface area (Å²) in [6.07, 6.45) is 5.67. The Bertz CT molecular complexity index is 746. The van der Waals surface area contributed by atoms with Crippen LogP contribution in [0.4, 0.5) is 0 Å². The molecule has 0 radical (unpaired) electrons. The lowest BCUT2D eigenvalue weighted by Gasteiger charge is -2.19. The van der Waals surface area contributed by atoms with E-state index in [9.17, 15) is 4.79 Å². The van der Waals surface area contributed by atoms with Crippen LogP contribution in [-0.4, -0.2) is 32.4 Å². The van der Waals surface area contributed by atoms with Crippen molar-refractivity contribution in [1.82, 2.24) is 0 Å². The van der Waals surface area contributed by atoms with Crippen LogP contribution in [0, 0.1) is 5.92 Å². The van der Waals surface area contributed by atoms with Crippen molar-refractivity contribution in [1.29, 1.82) is 0 Å². The number of carbonyl (C=O) groups is 1. The molecule has 0 amide bonds. The van der Waals surface area contributed by atoms with Gasteiger partial charge in [0.1, 0.15) is 11.5 Å². The van der Waals surface area contributed by atoms with E-state index >= 15 is 0 Å². The second-order valence-corrected chi connectivity index (χ2v) is 6.36. The van der Waals surface area contributed by atoms with Gasteiger partial charge in [-0.15, -0.1) is 0 Å². The number of nitrogens with zero attached hydrogens (tertiary/aromatic N) is 1. The Balaban J connectivity index is 2.09. The normalized spacial score (nSPS) is 15.7. The van der Waals surface area contributed by atoms with Gasteiger partial charge < -0.3 is 14.2 Å². The second-order valence-electron chi connectivity index (χ2n) is 6.36.